The fraction of sp³-hybridized carbons (Fsp3) is 0.647. The molecule has 0 unspecified atom stereocenters. The number of carbonyl (C=O) groups is 2. The summed E-state index contributed by atoms with van der Waals surface area (Å²) in [6, 6.07) is 4.31. The third-order valence-corrected chi connectivity index (χ3v) is 5.83. The molecule has 1 saturated heterocycles. The molecule has 120 valence electrons. The van der Waals surface area contributed by atoms with Crippen LogP contribution in [0.15, 0.2) is 12.1 Å². The van der Waals surface area contributed by atoms with Crippen LogP contribution >= 0.6 is 11.3 Å². The van der Waals surface area contributed by atoms with Crippen molar-refractivity contribution in [2.24, 2.45) is 5.92 Å². The Bertz CT molecular complexity index is 569. The minimum absolute atomic E-state index is 0.173. The average Bonchev–Trinajstić information content (AvgIpc) is 3.26. The van der Waals surface area contributed by atoms with Gasteiger partial charge in [0.2, 0.25) is 11.8 Å². The lowest BCUT2D eigenvalue weighted by Crippen LogP contribution is -2.37. The highest BCUT2D eigenvalue weighted by Gasteiger charge is 2.46. The molecule has 0 bridgehead atoms. The van der Waals surface area contributed by atoms with Crippen molar-refractivity contribution < 1.29 is 9.59 Å². The zero-order valence-corrected chi connectivity index (χ0v) is 14.2. The van der Waals surface area contributed by atoms with E-state index in [1.165, 1.54) is 9.75 Å². The number of rotatable bonds is 3. The smallest absolute Gasteiger partial charge is 0.226 e. The fourth-order valence-electron chi connectivity index (χ4n) is 3.28. The minimum Gasteiger partial charge on any atom is -0.341 e. The van der Waals surface area contributed by atoms with Gasteiger partial charge in [-0.05, 0) is 31.9 Å². The van der Waals surface area contributed by atoms with Gasteiger partial charge in [-0.1, -0.05) is 6.92 Å². The van der Waals surface area contributed by atoms with Gasteiger partial charge in [0.05, 0.1) is 0 Å². The largest absolute Gasteiger partial charge is 0.341 e. The summed E-state index contributed by atoms with van der Waals surface area (Å²) < 4.78 is 0. The standard InChI is InChI=1S/C17H24N2O2S/c1-3-16(20)18-7-4-8-19(10-9-18)17(21)14-11-13(14)15-6-5-12(2)22-15/h5-6,13-14H,3-4,7-11H2,1-2H3/t13-,14-/m1/s1. The van der Waals surface area contributed by atoms with E-state index >= 15 is 0 Å². The molecule has 1 aliphatic carbocycles. The van der Waals surface area contributed by atoms with Crippen LogP contribution in [0.1, 0.15) is 41.9 Å². The first-order chi connectivity index (χ1) is 10.6. The van der Waals surface area contributed by atoms with Crippen LogP contribution in [-0.4, -0.2) is 47.8 Å². The van der Waals surface area contributed by atoms with Crippen LogP contribution in [0.4, 0.5) is 0 Å². The van der Waals surface area contributed by atoms with E-state index in [1.807, 2.05) is 28.1 Å². The molecule has 1 aromatic rings. The first-order valence-electron chi connectivity index (χ1n) is 8.23. The molecule has 4 nitrogen and oxygen atoms in total. The number of aryl methyl sites for hydroxylation is 1. The Labute approximate surface area is 136 Å². The van der Waals surface area contributed by atoms with Crippen molar-refractivity contribution in [3.63, 3.8) is 0 Å². The van der Waals surface area contributed by atoms with Crippen molar-refractivity contribution in [3.05, 3.63) is 21.9 Å². The van der Waals surface area contributed by atoms with E-state index in [4.69, 9.17) is 0 Å². The number of nitrogens with zero attached hydrogens (tertiary/aromatic N) is 2. The van der Waals surface area contributed by atoms with Crippen LogP contribution in [0.2, 0.25) is 0 Å². The molecule has 0 N–H and O–H groups in total. The van der Waals surface area contributed by atoms with Crippen molar-refractivity contribution in [1.82, 2.24) is 9.80 Å². The summed E-state index contributed by atoms with van der Waals surface area (Å²) in [6.07, 6.45) is 2.44. The number of hydrogen-bond donors (Lipinski definition) is 0. The highest BCUT2D eigenvalue weighted by atomic mass is 32.1. The Morgan fingerprint density at radius 2 is 1.91 bits per heavy atom. The molecule has 2 heterocycles. The van der Waals surface area contributed by atoms with Crippen LogP contribution in [0, 0.1) is 12.8 Å². The van der Waals surface area contributed by atoms with E-state index in [0.717, 1.165) is 25.9 Å². The third-order valence-electron chi connectivity index (χ3n) is 4.70. The van der Waals surface area contributed by atoms with Gasteiger partial charge in [-0.2, -0.15) is 0 Å². The Morgan fingerprint density at radius 3 is 2.59 bits per heavy atom. The molecule has 2 atom stereocenters. The molecule has 0 radical (unpaired) electrons. The van der Waals surface area contributed by atoms with Gasteiger partial charge < -0.3 is 9.80 Å². The SMILES string of the molecule is CCC(=O)N1CCCN(C(=O)[C@@H]2C[C@H]2c2ccc(C)s2)CC1. The molecule has 2 amide bonds. The maximum absolute atomic E-state index is 12.7. The Balaban J connectivity index is 1.56. The fourth-order valence-corrected chi connectivity index (χ4v) is 4.34. The lowest BCUT2D eigenvalue weighted by molar-refractivity contribution is -0.134. The van der Waals surface area contributed by atoms with Crippen LogP contribution in [0.3, 0.4) is 0 Å². The van der Waals surface area contributed by atoms with Crippen molar-refractivity contribution in [2.75, 3.05) is 26.2 Å². The number of carbonyl (C=O) groups excluding carboxylic acids is 2. The summed E-state index contributed by atoms with van der Waals surface area (Å²) in [5.74, 6) is 1.10. The number of thiophene rings is 1. The van der Waals surface area contributed by atoms with Crippen LogP contribution in [0.25, 0.3) is 0 Å². The van der Waals surface area contributed by atoms with Gasteiger partial charge >= 0.3 is 0 Å². The molecule has 0 spiro atoms. The highest BCUT2D eigenvalue weighted by Crippen LogP contribution is 2.50. The molecule has 1 aromatic heterocycles. The monoisotopic (exact) mass is 320 g/mol. The Kier molecular flexibility index (Phi) is 4.52. The van der Waals surface area contributed by atoms with Gasteiger partial charge in [0, 0.05) is 54.2 Å². The van der Waals surface area contributed by atoms with Crippen molar-refractivity contribution in [1.29, 1.82) is 0 Å². The van der Waals surface area contributed by atoms with E-state index in [9.17, 15) is 9.59 Å². The number of hydrogen-bond acceptors (Lipinski definition) is 3. The second kappa shape index (κ2) is 6.41. The van der Waals surface area contributed by atoms with Gasteiger partial charge in [-0.15, -0.1) is 11.3 Å². The zero-order valence-electron chi connectivity index (χ0n) is 13.4. The van der Waals surface area contributed by atoms with Crippen LogP contribution < -0.4 is 0 Å². The summed E-state index contributed by atoms with van der Waals surface area (Å²) in [5.41, 5.74) is 0. The van der Waals surface area contributed by atoms with Crippen LogP contribution in [0.5, 0.6) is 0 Å². The maximum Gasteiger partial charge on any atom is 0.226 e. The van der Waals surface area contributed by atoms with E-state index < -0.39 is 0 Å². The Morgan fingerprint density at radius 1 is 1.18 bits per heavy atom. The molecular formula is C17H24N2O2S. The van der Waals surface area contributed by atoms with E-state index in [0.29, 0.717) is 31.3 Å². The summed E-state index contributed by atoms with van der Waals surface area (Å²) in [4.78, 5) is 31.0. The van der Waals surface area contributed by atoms with Crippen molar-refractivity contribution in [3.8, 4) is 0 Å². The van der Waals surface area contributed by atoms with E-state index in [-0.39, 0.29) is 11.8 Å². The van der Waals surface area contributed by atoms with Gasteiger partial charge in [0.1, 0.15) is 0 Å². The first-order valence-corrected chi connectivity index (χ1v) is 9.04. The maximum atomic E-state index is 12.7. The summed E-state index contributed by atoms with van der Waals surface area (Å²) >= 11 is 1.81. The zero-order chi connectivity index (χ0) is 15.7. The molecule has 1 saturated carbocycles. The Hall–Kier alpha value is -1.36. The summed E-state index contributed by atoms with van der Waals surface area (Å²) in [5, 5.41) is 0. The van der Waals surface area contributed by atoms with E-state index in [1.54, 1.807) is 0 Å². The third kappa shape index (κ3) is 3.19. The highest BCUT2D eigenvalue weighted by molar-refractivity contribution is 7.12. The predicted octanol–water partition coefficient (Wildman–Crippen LogP) is 2.63. The molecule has 3 rings (SSSR count). The van der Waals surface area contributed by atoms with E-state index in [2.05, 4.69) is 19.1 Å². The van der Waals surface area contributed by atoms with Gasteiger partial charge in [-0.25, -0.2) is 0 Å². The second-order valence-electron chi connectivity index (χ2n) is 6.31. The molecule has 2 fully saturated rings. The topological polar surface area (TPSA) is 40.6 Å². The first kappa shape index (κ1) is 15.5. The van der Waals surface area contributed by atoms with Crippen molar-refractivity contribution in [2.45, 2.75) is 39.0 Å². The predicted molar refractivity (Wildman–Crippen MR) is 88.0 cm³/mol. The summed E-state index contributed by atoms with van der Waals surface area (Å²) in [6.45, 7) is 6.97. The minimum atomic E-state index is 0.173. The quantitative estimate of drug-likeness (QED) is 0.859. The molecule has 2 aliphatic rings. The molecule has 22 heavy (non-hydrogen) atoms. The molecule has 0 aromatic carbocycles. The lowest BCUT2D eigenvalue weighted by Gasteiger charge is -2.22. The summed E-state index contributed by atoms with van der Waals surface area (Å²) in [7, 11) is 0. The average molecular weight is 320 g/mol. The molecule has 5 heteroatoms. The van der Waals surface area contributed by atoms with Crippen LogP contribution in [-0.2, 0) is 9.59 Å². The molecule has 1 aliphatic heterocycles. The normalized spacial score (nSPS) is 25.0. The van der Waals surface area contributed by atoms with Gasteiger partial charge in [-0.3, -0.25) is 9.59 Å². The van der Waals surface area contributed by atoms with Crippen molar-refractivity contribution >= 4 is 23.2 Å². The lowest BCUT2D eigenvalue weighted by atomic mass is 10.2. The number of amides is 2. The second-order valence-corrected chi connectivity index (χ2v) is 7.63. The van der Waals surface area contributed by atoms with Gasteiger partial charge in [0.25, 0.3) is 0 Å². The van der Waals surface area contributed by atoms with Gasteiger partial charge in [0.15, 0.2) is 0 Å². The molecular weight excluding hydrogens is 296 g/mol.